The Labute approximate surface area is 83.6 Å². The highest BCUT2D eigenvalue weighted by atomic mass is 19.1. The van der Waals surface area contributed by atoms with Gasteiger partial charge in [-0.25, -0.2) is 9.18 Å². The normalized spacial score (nSPS) is 16.9. The quantitative estimate of drug-likeness (QED) is 0.528. The average molecular weight is 204 g/mol. The number of ether oxygens (including phenoxy) is 1. The van der Waals surface area contributed by atoms with Crippen molar-refractivity contribution in [2.24, 2.45) is 0 Å². The van der Waals surface area contributed by atoms with Crippen molar-refractivity contribution < 1.29 is 19.0 Å². The fraction of sp³-hybridized carbons (Fsp3) is 0.700. The Hall–Kier alpha value is -0.900. The van der Waals surface area contributed by atoms with E-state index in [9.17, 15) is 14.3 Å². The minimum atomic E-state index is -2.06. The van der Waals surface area contributed by atoms with E-state index < -0.39 is 17.7 Å². The van der Waals surface area contributed by atoms with Gasteiger partial charge in [-0.05, 0) is 13.3 Å². The molecule has 0 aromatic carbocycles. The summed E-state index contributed by atoms with van der Waals surface area (Å²) in [5.74, 6) is -1.04. The van der Waals surface area contributed by atoms with E-state index in [1.54, 1.807) is 13.8 Å². The van der Waals surface area contributed by atoms with Crippen LogP contribution >= 0.6 is 0 Å². The standard InChI is InChI=1S/C10H17FO3/c1-4-7-10(13,5-2)8(11)9(12)14-6-3/h5,8,13H,2,4,6-7H2,1,3H3. The third-order valence-corrected chi connectivity index (χ3v) is 1.94. The van der Waals surface area contributed by atoms with Gasteiger partial charge in [0, 0.05) is 0 Å². The molecule has 82 valence electrons. The Morgan fingerprint density at radius 2 is 2.29 bits per heavy atom. The first kappa shape index (κ1) is 13.1. The van der Waals surface area contributed by atoms with E-state index in [1.165, 1.54) is 0 Å². The second-order valence-corrected chi connectivity index (χ2v) is 3.06. The van der Waals surface area contributed by atoms with Crippen LogP contribution in [0.5, 0.6) is 0 Å². The molecule has 0 heterocycles. The lowest BCUT2D eigenvalue weighted by molar-refractivity contribution is -0.157. The summed E-state index contributed by atoms with van der Waals surface area (Å²) in [5, 5.41) is 9.69. The molecule has 2 atom stereocenters. The molecular formula is C10H17FO3. The highest BCUT2D eigenvalue weighted by Gasteiger charge is 2.39. The molecule has 0 aliphatic heterocycles. The van der Waals surface area contributed by atoms with Crippen molar-refractivity contribution in [3.63, 3.8) is 0 Å². The Bertz CT molecular complexity index is 206. The van der Waals surface area contributed by atoms with Crippen LogP contribution in [-0.4, -0.2) is 29.5 Å². The van der Waals surface area contributed by atoms with Gasteiger partial charge in [0.25, 0.3) is 0 Å². The Morgan fingerprint density at radius 3 is 2.64 bits per heavy atom. The number of aliphatic hydroxyl groups is 1. The van der Waals surface area contributed by atoms with Crippen LogP contribution in [0.4, 0.5) is 4.39 Å². The molecule has 14 heavy (non-hydrogen) atoms. The summed E-state index contributed by atoms with van der Waals surface area (Å²) < 4.78 is 17.9. The van der Waals surface area contributed by atoms with E-state index in [2.05, 4.69) is 11.3 Å². The third kappa shape index (κ3) is 3.10. The van der Waals surface area contributed by atoms with Gasteiger partial charge < -0.3 is 9.84 Å². The summed E-state index contributed by atoms with van der Waals surface area (Å²) in [6.45, 7) is 6.78. The summed E-state index contributed by atoms with van der Waals surface area (Å²) in [7, 11) is 0. The maximum atomic E-state index is 13.4. The summed E-state index contributed by atoms with van der Waals surface area (Å²) in [6.07, 6.45) is -0.295. The second kappa shape index (κ2) is 5.75. The van der Waals surface area contributed by atoms with E-state index >= 15 is 0 Å². The number of carbonyl (C=O) groups excluding carboxylic acids is 1. The Balaban J connectivity index is 4.50. The lowest BCUT2D eigenvalue weighted by Gasteiger charge is -2.26. The molecule has 0 rings (SSSR count). The number of rotatable bonds is 6. The van der Waals surface area contributed by atoms with Crippen LogP contribution in [0.15, 0.2) is 12.7 Å². The van der Waals surface area contributed by atoms with Gasteiger partial charge in [-0.3, -0.25) is 0 Å². The van der Waals surface area contributed by atoms with Crippen molar-refractivity contribution >= 4 is 5.97 Å². The van der Waals surface area contributed by atoms with Gasteiger partial charge in [-0.1, -0.05) is 19.4 Å². The molecule has 3 nitrogen and oxygen atoms in total. The van der Waals surface area contributed by atoms with E-state index in [-0.39, 0.29) is 13.0 Å². The number of hydrogen-bond donors (Lipinski definition) is 1. The van der Waals surface area contributed by atoms with Crippen molar-refractivity contribution in [3.8, 4) is 0 Å². The zero-order chi connectivity index (χ0) is 11.2. The molecule has 0 aromatic rings. The Kier molecular flexibility index (Phi) is 5.38. The predicted octanol–water partition coefficient (Wildman–Crippen LogP) is 1.60. The van der Waals surface area contributed by atoms with Crippen LogP contribution in [-0.2, 0) is 9.53 Å². The molecule has 0 aliphatic carbocycles. The van der Waals surface area contributed by atoms with Crippen LogP contribution < -0.4 is 0 Å². The molecular weight excluding hydrogens is 187 g/mol. The second-order valence-electron chi connectivity index (χ2n) is 3.06. The molecule has 0 fully saturated rings. The molecule has 0 amide bonds. The van der Waals surface area contributed by atoms with Gasteiger partial charge >= 0.3 is 5.97 Å². The van der Waals surface area contributed by atoms with Gasteiger partial charge in [-0.15, -0.1) is 6.58 Å². The summed E-state index contributed by atoms with van der Waals surface area (Å²) >= 11 is 0. The zero-order valence-corrected chi connectivity index (χ0v) is 8.62. The molecule has 0 spiro atoms. The fourth-order valence-corrected chi connectivity index (χ4v) is 1.15. The highest BCUT2D eigenvalue weighted by Crippen LogP contribution is 2.22. The minimum Gasteiger partial charge on any atom is -0.464 e. The number of alkyl halides is 1. The van der Waals surface area contributed by atoms with Crippen molar-refractivity contribution in [1.82, 2.24) is 0 Å². The first-order valence-corrected chi connectivity index (χ1v) is 4.68. The first-order chi connectivity index (χ1) is 6.51. The molecule has 0 aromatic heterocycles. The maximum Gasteiger partial charge on any atom is 0.344 e. The minimum absolute atomic E-state index is 0.0958. The van der Waals surface area contributed by atoms with Gasteiger partial charge in [0.15, 0.2) is 0 Å². The lowest BCUT2D eigenvalue weighted by Crippen LogP contribution is -2.43. The van der Waals surface area contributed by atoms with E-state index in [1.807, 2.05) is 0 Å². The number of hydrogen-bond acceptors (Lipinski definition) is 3. The van der Waals surface area contributed by atoms with Crippen LogP contribution in [0.3, 0.4) is 0 Å². The fourth-order valence-electron chi connectivity index (χ4n) is 1.15. The Morgan fingerprint density at radius 1 is 1.71 bits per heavy atom. The predicted molar refractivity (Wildman–Crippen MR) is 51.6 cm³/mol. The molecule has 0 saturated carbocycles. The largest absolute Gasteiger partial charge is 0.464 e. The zero-order valence-electron chi connectivity index (χ0n) is 8.62. The molecule has 0 bridgehead atoms. The van der Waals surface area contributed by atoms with Crippen molar-refractivity contribution in [1.29, 1.82) is 0 Å². The molecule has 0 saturated heterocycles. The van der Waals surface area contributed by atoms with E-state index in [0.29, 0.717) is 6.42 Å². The molecule has 0 aliphatic rings. The number of halogens is 1. The SMILES string of the molecule is C=CC(O)(CCC)C(F)C(=O)OCC. The molecule has 4 heteroatoms. The van der Waals surface area contributed by atoms with Crippen molar-refractivity contribution in [3.05, 3.63) is 12.7 Å². The summed E-state index contributed by atoms with van der Waals surface area (Å²) in [5.41, 5.74) is -1.80. The van der Waals surface area contributed by atoms with E-state index in [0.717, 1.165) is 6.08 Å². The monoisotopic (exact) mass is 204 g/mol. The van der Waals surface area contributed by atoms with E-state index in [4.69, 9.17) is 0 Å². The number of esters is 1. The summed E-state index contributed by atoms with van der Waals surface area (Å²) in [6, 6.07) is 0. The van der Waals surface area contributed by atoms with Gasteiger partial charge in [-0.2, -0.15) is 0 Å². The van der Waals surface area contributed by atoms with Crippen LogP contribution in [0, 0.1) is 0 Å². The van der Waals surface area contributed by atoms with Gasteiger partial charge in [0.1, 0.15) is 5.60 Å². The highest BCUT2D eigenvalue weighted by molar-refractivity contribution is 5.76. The summed E-state index contributed by atoms with van der Waals surface area (Å²) in [4.78, 5) is 11.0. The maximum absolute atomic E-state index is 13.4. The van der Waals surface area contributed by atoms with Crippen LogP contribution in [0.25, 0.3) is 0 Å². The number of carbonyl (C=O) groups is 1. The molecule has 2 unspecified atom stereocenters. The molecule has 1 N–H and O–H groups in total. The van der Waals surface area contributed by atoms with Gasteiger partial charge in [0.2, 0.25) is 6.17 Å². The van der Waals surface area contributed by atoms with Crippen LogP contribution in [0.2, 0.25) is 0 Å². The third-order valence-electron chi connectivity index (χ3n) is 1.94. The molecule has 0 radical (unpaired) electrons. The smallest absolute Gasteiger partial charge is 0.344 e. The van der Waals surface area contributed by atoms with Gasteiger partial charge in [0.05, 0.1) is 6.61 Å². The van der Waals surface area contributed by atoms with Crippen LogP contribution in [0.1, 0.15) is 26.7 Å². The first-order valence-electron chi connectivity index (χ1n) is 4.68. The average Bonchev–Trinajstić information content (AvgIpc) is 2.17. The van der Waals surface area contributed by atoms with Crippen molar-refractivity contribution in [2.45, 2.75) is 38.5 Å². The topological polar surface area (TPSA) is 46.5 Å². The lowest BCUT2D eigenvalue weighted by atomic mass is 9.92. The van der Waals surface area contributed by atoms with Crippen molar-refractivity contribution in [2.75, 3.05) is 6.61 Å².